The summed E-state index contributed by atoms with van der Waals surface area (Å²) in [4.78, 5) is 12.0. The summed E-state index contributed by atoms with van der Waals surface area (Å²) < 4.78 is 5.57. The molecule has 1 saturated carbocycles. The lowest BCUT2D eigenvalue weighted by molar-refractivity contribution is 0.0524. The van der Waals surface area contributed by atoms with E-state index in [4.69, 9.17) is 4.74 Å². The number of nitrogens with one attached hydrogen (secondary N) is 1. The van der Waals surface area contributed by atoms with E-state index in [0.29, 0.717) is 5.92 Å². The van der Waals surface area contributed by atoms with Crippen molar-refractivity contribution in [2.45, 2.75) is 59.0 Å². The minimum atomic E-state index is -0.323. The van der Waals surface area contributed by atoms with Crippen molar-refractivity contribution in [3.8, 4) is 0 Å². The van der Waals surface area contributed by atoms with Crippen molar-refractivity contribution >= 4 is 11.8 Å². The molecule has 1 aliphatic carbocycles. The number of benzene rings is 1. The molecule has 1 aromatic carbocycles. The topological polar surface area (TPSA) is 38.3 Å². The van der Waals surface area contributed by atoms with Crippen LogP contribution < -0.4 is 5.32 Å². The number of hydrogen-bond acceptors (Lipinski definition) is 2. The van der Waals surface area contributed by atoms with Crippen LogP contribution in [0.4, 0.5) is 10.5 Å². The summed E-state index contributed by atoms with van der Waals surface area (Å²) in [7, 11) is 0. The summed E-state index contributed by atoms with van der Waals surface area (Å²) in [6.07, 6.45) is 5.26. The molecule has 1 fully saturated rings. The number of aryl methyl sites for hydroxylation is 2. The highest BCUT2D eigenvalue weighted by atomic mass is 16.6. The van der Waals surface area contributed by atoms with Gasteiger partial charge in [0.2, 0.25) is 0 Å². The van der Waals surface area contributed by atoms with E-state index in [0.717, 1.165) is 36.9 Å². The maximum absolute atomic E-state index is 12.0. The van der Waals surface area contributed by atoms with E-state index in [1.54, 1.807) is 0 Å². The number of amides is 1. The monoisotopic (exact) mass is 275 g/mol. The van der Waals surface area contributed by atoms with Crippen LogP contribution in [0, 0.1) is 12.8 Å². The SMILES string of the molecule is CCc1cc(C)cc(NC(=O)O[C@H]2CCCC[C@@H]2C)c1. The second-order valence-electron chi connectivity index (χ2n) is 5.89. The normalized spacial score (nSPS) is 22.4. The van der Waals surface area contributed by atoms with Crippen LogP contribution in [0.5, 0.6) is 0 Å². The molecule has 0 aliphatic heterocycles. The molecule has 0 unspecified atom stereocenters. The molecule has 110 valence electrons. The molecule has 1 aliphatic rings. The first-order valence-electron chi connectivity index (χ1n) is 7.66. The zero-order valence-electron chi connectivity index (χ0n) is 12.7. The number of anilines is 1. The largest absolute Gasteiger partial charge is 0.446 e. The van der Waals surface area contributed by atoms with Gasteiger partial charge in [-0.1, -0.05) is 26.3 Å². The van der Waals surface area contributed by atoms with Gasteiger partial charge >= 0.3 is 6.09 Å². The van der Waals surface area contributed by atoms with Gasteiger partial charge in [-0.2, -0.15) is 0 Å². The van der Waals surface area contributed by atoms with Crippen molar-refractivity contribution in [2.24, 2.45) is 5.92 Å². The first-order chi connectivity index (χ1) is 9.58. The van der Waals surface area contributed by atoms with E-state index >= 15 is 0 Å². The fourth-order valence-electron chi connectivity index (χ4n) is 2.88. The van der Waals surface area contributed by atoms with Gasteiger partial charge in [0, 0.05) is 5.69 Å². The molecule has 3 nitrogen and oxygen atoms in total. The Morgan fingerprint density at radius 2 is 2.05 bits per heavy atom. The highest BCUT2D eigenvalue weighted by molar-refractivity contribution is 5.85. The quantitative estimate of drug-likeness (QED) is 0.869. The molecule has 0 bridgehead atoms. The number of carbonyl (C=O) groups excluding carboxylic acids is 1. The van der Waals surface area contributed by atoms with E-state index in [2.05, 4.69) is 25.2 Å². The Morgan fingerprint density at radius 1 is 1.30 bits per heavy atom. The van der Waals surface area contributed by atoms with E-state index in [9.17, 15) is 4.79 Å². The van der Waals surface area contributed by atoms with Crippen LogP contribution in [0.2, 0.25) is 0 Å². The molecule has 0 aromatic heterocycles. The molecule has 1 N–H and O–H groups in total. The second-order valence-corrected chi connectivity index (χ2v) is 5.89. The molecule has 20 heavy (non-hydrogen) atoms. The molecule has 2 atom stereocenters. The van der Waals surface area contributed by atoms with Crippen molar-refractivity contribution in [3.05, 3.63) is 29.3 Å². The summed E-state index contributed by atoms with van der Waals surface area (Å²) in [5.74, 6) is 0.471. The Bertz CT molecular complexity index is 470. The Labute approximate surface area is 121 Å². The molecule has 0 radical (unpaired) electrons. The predicted octanol–water partition coefficient (Wildman–Crippen LogP) is 4.68. The van der Waals surface area contributed by atoms with Gasteiger partial charge in [-0.05, 0) is 61.8 Å². The van der Waals surface area contributed by atoms with Crippen LogP contribution in [0.3, 0.4) is 0 Å². The van der Waals surface area contributed by atoms with Crippen molar-refractivity contribution < 1.29 is 9.53 Å². The van der Waals surface area contributed by atoms with Gasteiger partial charge in [-0.3, -0.25) is 5.32 Å². The van der Waals surface area contributed by atoms with Gasteiger partial charge in [0.05, 0.1) is 0 Å². The molecule has 0 spiro atoms. The van der Waals surface area contributed by atoms with E-state index in [1.165, 1.54) is 12.0 Å². The third-order valence-electron chi connectivity index (χ3n) is 4.08. The third-order valence-corrected chi connectivity index (χ3v) is 4.08. The average Bonchev–Trinajstić information content (AvgIpc) is 2.40. The van der Waals surface area contributed by atoms with Crippen LogP contribution in [-0.2, 0) is 11.2 Å². The maximum atomic E-state index is 12.0. The van der Waals surface area contributed by atoms with Gasteiger partial charge in [-0.25, -0.2) is 4.79 Å². The van der Waals surface area contributed by atoms with Crippen LogP contribution in [-0.4, -0.2) is 12.2 Å². The van der Waals surface area contributed by atoms with Gasteiger partial charge < -0.3 is 4.74 Å². The highest BCUT2D eigenvalue weighted by Gasteiger charge is 2.24. The number of hydrogen-bond donors (Lipinski definition) is 1. The zero-order valence-corrected chi connectivity index (χ0v) is 12.7. The lowest BCUT2D eigenvalue weighted by atomic mass is 9.88. The summed E-state index contributed by atoms with van der Waals surface area (Å²) >= 11 is 0. The van der Waals surface area contributed by atoms with Crippen molar-refractivity contribution in [2.75, 3.05) is 5.32 Å². The van der Waals surface area contributed by atoms with E-state index in [1.807, 2.05) is 19.1 Å². The maximum Gasteiger partial charge on any atom is 0.411 e. The molecular weight excluding hydrogens is 250 g/mol. The Hall–Kier alpha value is -1.51. The van der Waals surface area contributed by atoms with E-state index < -0.39 is 0 Å². The number of rotatable bonds is 3. The number of ether oxygens (including phenoxy) is 1. The summed E-state index contributed by atoms with van der Waals surface area (Å²) in [5, 5.41) is 2.86. The molecule has 3 heteroatoms. The Kier molecular flexibility index (Phi) is 5.05. The molecular formula is C17H25NO2. The van der Waals surface area contributed by atoms with Crippen LogP contribution in [0.25, 0.3) is 0 Å². The molecule has 2 rings (SSSR count). The van der Waals surface area contributed by atoms with Crippen LogP contribution in [0.1, 0.15) is 50.7 Å². The summed E-state index contributed by atoms with van der Waals surface area (Å²) in [5.41, 5.74) is 3.22. The highest BCUT2D eigenvalue weighted by Crippen LogP contribution is 2.26. The second kappa shape index (κ2) is 6.78. The molecule has 1 amide bonds. The Morgan fingerprint density at radius 3 is 2.75 bits per heavy atom. The minimum Gasteiger partial charge on any atom is -0.446 e. The lowest BCUT2D eigenvalue weighted by Crippen LogP contribution is -2.30. The summed E-state index contributed by atoms with van der Waals surface area (Å²) in [6.45, 7) is 6.32. The van der Waals surface area contributed by atoms with Crippen molar-refractivity contribution in [1.29, 1.82) is 0 Å². The minimum absolute atomic E-state index is 0.0687. The molecule has 1 aromatic rings. The molecule has 0 saturated heterocycles. The Balaban J connectivity index is 1.95. The molecule has 0 heterocycles. The van der Waals surface area contributed by atoms with Crippen molar-refractivity contribution in [3.63, 3.8) is 0 Å². The zero-order chi connectivity index (χ0) is 14.5. The fourth-order valence-corrected chi connectivity index (χ4v) is 2.88. The fraction of sp³-hybridized carbons (Fsp3) is 0.588. The van der Waals surface area contributed by atoms with Crippen LogP contribution >= 0.6 is 0 Å². The van der Waals surface area contributed by atoms with Gasteiger partial charge in [0.15, 0.2) is 0 Å². The van der Waals surface area contributed by atoms with E-state index in [-0.39, 0.29) is 12.2 Å². The van der Waals surface area contributed by atoms with Crippen molar-refractivity contribution in [1.82, 2.24) is 0 Å². The third kappa shape index (κ3) is 3.99. The lowest BCUT2D eigenvalue weighted by Gasteiger charge is -2.28. The summed E-state index contributed by atoms with van der Waals surface area (Å²) in [6, 6.07) is 6.13. The smallest absolute Gasteiger partial charge is 0.411 e. The van der Waals surface area contributed by atoms with Gasteiger partial charge in [0.1, 0.15) is 6.10 Å². The van der Waals surface area contributed by atoms with Gasteiger partial charge in [0.25, 0.3) is 0 Å². The standard InChI is InChI=1S/C17H25NO2/c1-4-14-9-12(2)10-15(11-14)18-17(19)20-16-8-6-5-7-13(16)3/h9-11,13,16H,4-8H2,1-3H3,(H,18,19)/t13-,16-/m0/s1. The average molecular weight is 275 g/mol. The first-order valence-corrected chi connectivity index (χ1v) is 7.66. The number of carbonyl (C=O) groups is 1. The van der Waals surface area contributed by atoms with Gasteiger partial charge in [-0.15, -0.1) is 0 Å². The first kappa shape index (κ1) is 14.9. The van der Waals surface area contributed by atoms with Crippen LogP contribution in [0.15, 0.2) is 18.2 Å². The predicted molar refractivity (Wildman–Crippen MR) is 82.1 cm³/mol.